The van der Waals surface area contributed by atoms with Crippen LogP contribution in [0.15, 0.2) is 29.6 Å². The molecule has 1 aliphatic rings. The summed E-state index contributed by atoms with van der Waals surface area (Å²) in [6.45, 7) is 1.69. The molecule has 0 aliphatic heterocycles. The SMILES string of the molecule is Cc1ccc(NC(=O)CSc2ncnc3sc4c(c23)CCC4)cc1F. The number of nitrogens with one attached hydrogen (secondary N) is 1. The predicted molar refractivity (Wildman–Crippen MR) is 99.9 cm³/mol. The zero-order chi connectivity index (χ0) is 17.4. The van der Waals surface area contributed by atoms with Crippen LogP contribution in [0.2, 0.25) is 0 Å². The number of carbonyl (C=O) groups is 1. The first kappa shape index (κ1) is 16.5. The minimum absolute atomic E-state index is 0.174. The Morgan fingerprint density at radius 3 is 3.08 bits per heavy atom. The molecule has 0 atom stereocenters. The normalized spacial score (nSPS) is 13.2. The Labute approximate surface area is 152 Å². The van der Waals surface area contributed by atoms with Crippen LogP contribution < -0.4 is 5.32 Å². The summed E-state index contributed by atoms with van der Waals surface area (Å²) in [4.78, 5) is 23.3. The van der Waals surface area contributed by atoms with Gasteiger partial charge < -0.3 is 5.32 Å². The lowest BCUT2D eigenvalue weighted by Gasteiger charge is -2.07. The van der Waals surface area contributed by atoms with Crippen LogP contribution in [0.25, 0.3) is 10.2 Å². The average molecular weight is 373 g/mol. The van der Waals surface area contributed by atoms with Gasteiger partial charge in [-0.05, 0) is 49.4 Å². The van der Waals surface area contributed by atoms with E-state index >= 15 is 0 Å². The van der Waals surface area contributed by atoms with Gasteiger partial charge in [0, 0.05) is 16.0 Å². The molecule has 4 nitrogen and oxygen atoms in total. The summed E-state index contributed by atoms with van der Waals surface area (Å²) in [5.74, 6) is -0.268. The van der Waals surface area contributed by atoms with Crippen LogP contribution in [0.1, 0.15) is 22.4 Å². The summed E-state index contributed by atoms with van der Waals surface area (Å²) in [7, 11) is 0. The Morgan fingerprint density at radius 1 is 1.36 bits per heavy atom. The van der Waals surface area contributed by atoms with Crippen molar-refractivity contribution in [3.63, 3.8) is 0 Å². The number of halogens is 1. The lowest BCUT2D eigenvalue weighted by Crippen LogP contribution is -2.14. The van der Waals surface area contributed by atoms with Crippen molar-refractivity contribution in [2.24, 2.45) is 0 Å². The molecule has 0 unspecified atom stereocenters. The van der Waals surface area contributed by atoms with Crippen molar-refractivity contribution in [1.82, 2.24) is 9.97 Å². The molecule has 0 spiro atoms. The van der Waals surface area contributed by atoms with E-state index in [0.717, 1.165) is 28.1 Å². The molecule has 128 valence electrons. The topological polar surface area (TPSA) is 54.9 Å². The molecule has 1 amide bonds. The monoisotopic (exact) mass is 373 g/mol. The number of hydrogen-bond donors (Lipinski definition) is 1. The van der Waals surface area contributed by atoms with E-state index in [9.17, 15) is 9.18 Å². The molecule has 25 heavy (non-hydrogen) atoms. The zero-order valence-corrected chi connectivity index (χ0v) is 15.3. The fourth-order valence-electron chi connectivity index (χ4n) is 3.01. The van der Waals surface area contributed by atoms with Gasteiger partial charge in [-0.25, -0.2) is 14.4 Å². The van der Waals surface area contributed by atoms with Gasteiger partial charge in [0.15, 0.2) is 0 Å². The van der Waals surface area contributed by atoms with E-state index in [4.69, 9.17) is 0 Å². The summed E-state index contributed by atoms with van der Waals surface area (Å²) in [6, 6.07) is 4.70. The van der Waals surface area contributed by atoms with Crippen molar-refractivity contribution >= 4 is 44.9 Å². The van der Waals surface area contributed by atoms with Crippen molar-refractivity contribution in [2.75, 3.05) is 11.1 Å². The molecule has 2 heterocycles. The number of fused-ring (bicyclic) bond motifs is 3. The highest BCUT2D eigenvalue weighted by Crippen LogP contribution is 2.39. The fourth-order valence-corrected chi connectivity index (χ4v) is 5.13. The summed E-state index contributed by atoms with van der Waals surface area (Å²) < 4.78 is 13.6. The van der Waals surface area contributed by atoms with Crippen LogP contribution in [0.5, 0.6) is 0 Å². The van der Waals surface area contributed by atoms with Crippen LogP contribution in [-0.2, 0) is 17.6 Å². The van der Waals surface area contributed by atoms with Crippen LogP contribution >= 0.6 is 23.1 Å². The van der Waals surface area contributed by atoms with Gasteiger partial charge in [-0.1, -0.05) is 17.8 Å². The molecule has 4 rings (SSSR count). The van der Waals surface area contributed by atoms with E-state index in [0.29, 0.717) is 11.3 Å². The van der Waals surface area contributed by atoms with Gasteiger partial charge in [0.1, 0.15) is 22.0 Å². The van der Waals surface area contributed by atoms with E-state index in [1.54, 1.807) is 36.7 Å². The number of hydrogen-bond acceptors (Lipinski definition) is 5. The Kier molecular flexibility index (Phi) is 4.43. The highest BCUT2D eigenvalue weighted by Gasteiger charge is 2.21. The molecule has 1 aliphatic carbocycles. The first-order chi connectivity index (χ1) is 12.1. The standard InChI is InChI=1S/C18H16FN3OS2/c1-10-5-6-11(7-13(10)19)22-15(23)8-24-17-16-12-3-2-4-14(12)25-18(16)21-9-20-17/h5-7,9H,2-4,8H2,1H3,(H,22,23). The maximum atomic E-state index is 13.6. The summed E-state index contributed by atoms with van der Waals surface area (Å²) in [5, 5.41) is 4.70. The number of thioether (sulfide) groups is 1. The molecule has 1 N–H and O–H groups in total. The third-order valence-electron chi connectivity index (χ3n) is 4.26. The fraction of sp³-hybridized carbons (Fsp3) is 0.278. The van der Waals surface area contributed by atoms with Gasteiger partial charge in [0.2, 0.25) is 5.91 Å². The zero-order valence-electron chi connectivity index (χ0n) is 13.6. The lowest BCUT2D eigenvalue weighted by atomic mass is 10.2. The van der Waals surface area contributed by atoms with E-state index < -0.39 is 0 Å². The first-order valence-corrected chi connectivity index (χ1v) is 9.86. The van der Waals surface area contributed by atoms with Crippen molar-refractivity contribution < 1.29 is 9.18 Å². The minimum Gasteiger partial charge on any atom is -0.325 e. The molecule has 0 saturated heterocycles. The third kappa shape index (κ3) is 3.26. The molecule has 0 saturated carbocycles. The summed E-state index contributed by atoms with van der Waals surface area (Å²) in [6.07, 6.45) is 4.91. The van der Waals surface area contributed by atoms with Gasteiger partial charge in [-0.2, -0.15) is 0 Å². The van der Waals surface area contributed by atoms with Gasteiger partial charge in [0.05, 0.1) is 5.75 Å². The third-order valence-corrected chi connectivity index (χ3v) is 6.45. The number of anilines is 1. The Morgan fingerprint density at radius 2 is 2.24 bits per heavy atom. The van der Waals surface area contributed by atoms with Crippen LogP contribution in [0.4, 0.5) is 10.1 Å². The van der Waals surface area contributed by atoms with E-state index in [2.05, 4.69) is 15.3 Å². The highest BCUT2D eigenvalue weighted by molar-refractivity contribution is 8.00. The number of rotatable bonds is 4. The molecule has 7 heteroatoms. The summed E-state index contributed by atoms with van der Waals surface area (Å²) >= 11 is 3.14. The number of amides is 1. The van der Waals surface area contributed by atoms with Gasteiger partial charge >= 0.3 is 0 Å². The number of carbonyl (C=O) groups excluding carboxylic acids is 1. The van der Waals surface area contributed by atoms with Gasteiger partial charge in [-0.3, -0.25) is 4.79 Å². The second-order valence-corrected chi connectivity index (χ2v) is 8.06. The molecular formula is C18H16FN3OS2. The molecule has 0 bridgehead atoms. The van der Waals surface area contributed by atoms with Crippen molar-refractivity contribution in [3.05, 3.63) is 46.3 Å². The van der Waals surface area contributed by atoms with Gasteiger partial charge in [-0.15, -0.1) is 11.3 Å². The number of aryl methyl sites for hydroxylation is 3. The molecule has 0 radical (unpaired) electrons. The van der Waals surface area contributed by atoms with Crippen molar-refractivity contribution in [1.29, 1.82) is 0 Å². The smallest absolute Gasteiger partial charge is 0.234 e. The van der Waals surface area contributed by atoms with Crippen molar-refractivity contribution in [3.8, 4) is 0 Å². The number of nitrogens with zero attached hydrogens (tertiary/aromatic N) is 2. The molecule has 0 fully saturated rings. The van der Waals surface area contributed by atoms with Crippen LogP contribution in [0.3, 0.4) is 0 Å². The molecule has 1 aromatic carbocycles. The largest absolute Gasteiger partial charge is 0.325 e. The van der Waals surface area contributed by atoms with Crippen LogP contribution in [0, 0.1) is 12.7 Å². The Bertz CT molecular complexity index is 970. The average Bonchev–Trinajstić information content (AvgIpc) is 3.17. The van der Waals surface area contributed by atoms with E-state index in [1.807, 2.05) is 0 Å². The van der Waals surface area contributed by atoms with E-state index in [1.165, 1.54) is 34.7 Å². The number of benzene rings is 1. The Hall–Kier alpha value is -1.99. The number of aromatic nitrogens is 2. The molecule has 2 aromatic heterocycles. The highest BCUT2D eigenvalue weighted by atomic mass is 32.2. The first-order valence-electron chi connectivity index (χ1n) is 8.06. The second kappa shape index (κ2) is 6.72. The lowest BCUT2D eigenvalue weighted by molar-refractivity contribution is -0.113. The molecule has 3 aromatic rings. The quantitative estimate of drug-likeness (QED) is 0.545. The van der Waals surface area contributed by atoms with Crippen LogP contribution in [-0.4, -0.2) is 21.6 Å². The van der Waals surface area contributed by atoms with E-state index in [-0.39, 0.29) is 17.5 Å². The maximum absolute atomic E-state index is 13.6. The molecular weight excluding hydrogens is 357 g/mol. The second-order valence-electron chi connectivity index (χ2n) is 6.02. The minimum atomic E-state index is -0.322. The van der Waals surface area contributed by atoms with Crippen molar-refractivity contribution in [2.45, 2.75) is 31.2 Å². The Balaban J connectivity index is 1.48. The number of thiophene rings is 1. The summed E-state index contributed by atoms with van der Waals surface area (Å²) in [5.41, 5.74) is 2.38. The maximum Gasteiger partial charge on any atom is 0.234 e. The van der Waals surface area contributed by atoms with Gasteiger partial charge in [0.25, 0.3) is 0 Å². The predicted octanol–water partition coefficient (Wildman–Crippen LogP) is 4.36.